The maximum Gasteiger partial charge on any atom is 0.177 e. The van der Waals surface area contributed by atoms with Gasteiger partial charge in [-0.3, -0.25) is 0 Å². The molecule has 0 saturated carbocycles. The van der Waals surface area contributed by atoms with Gasteiger partial charge in [0.05, 0.1) is 10.7 Å². The van der Waals surface area contributed by atoms with Gasteiger partial charge in [-0.2, -0.15) is 4.73 Å². The molecule has 19 heavy (non-hydrogen) atoms. The number of hydrogen-bond donors (Lipinski definition) is 2. The van der Waals surface area contributed by atoms with Crippen LogP contribution in [-0.4, -0.2) is 25.8 Å². The van der Waals surface area contributed by atoms with E-state index >= 15 is 0 Å². The Morgan fingerprint density at radius 3 is 2.79 bits per heavy atom. The Bertz CT molecular complexity index is 664. The molecule has 1 aliphatic rings. The molecule has 1 aromatic heterocycles. The summed E-state index contributed by atoms with van der Waals surface area (Å²) in [6.45, 7) is 0. The summed E-state index contributed by atoms with van der Waals surface area (Å²) in [7, 11) is 0. The molecule has 0 amide bonds. The van der Waals surface area contributed by atoms with E-state index in [9.17, 15) is 5.21 Å². The van der Waals surface area contributed by atoms with Crippen molar-refractivity contribution in [3.8, 4) is 11.4 Å². The van der Waals surface area contributed by atoms with Crippen molar-refractivity contribution < 1.29 is 10.4 Å². The first-order chi connectivity index (χ1) is 9.22. The number of oxime groups is 1. The maximum absolute atomic E-state index is 10.2. The van der Waals surface area contributed by atoms with Crippen molar-refractivity contribution in [2.24, 2.45) is 5.16 Å². The first-order valence-corrected chi connectivity index (χ1v) is 6.37. The number of rotatable bonds is 1. The van der Waals surface area contributed by atoms with Gasteiger partial charge in [0.25, 0.3) is 0 Å². The zero-order chi connectivity index (χ0) is 13.4. The lowest BCUT2D eigenvalue weighted by atomic mass is 9.99. The minimum absolute atomic E-state index is 0.374. The molecular weight excluding hydrogens is 266 g/mol. The fourth-order valence-corrected chi connectivity index (χ4v) is 2.58. The fraction of sp³-hybridized carbons (Fsp3) is 0.231. The van der Waals surface area contributed by atoms with Gasteiger partial charge in [-0.15, -0.1) is 0 Å². The molecule has 0 saturated heterocycles. The van der Waals surface area contributed by atoms with Crippen molar-refractivity contribution >= 4 is 17.3 Å². The van der Waals surface area contributed by atoms with Gasteiger partial charge >= 0.3 is 0 Å². The Kier molecular flexibility index (Phi) is 2.91. The van der Waals surface area contributed by atoms with Gasteiger partial charge in [0, 0.05) is 5.56 Å². The SMILES string of the molecule is O/N=C1\CCCc2c1nc(-c1ccccc1Cl)n2O. The monoisotopic (exact) mass is 277 g/mol. The average Bonchev–Trinajstić information content (AvgIpc) is 2.77. The van der Waals surface area contributed by atoms with Crippen molar-refractivity contribution in [2.45, 2.75) is 19.3 Å². The Morgan fingerprint density at radius 1 is 1.26 bits per heavy atom. The van der Waals surface area contributed by atoms with E-state index in [2.05, 4.69) is 10.1 Å². The van der Waals surface area contributed by atoms with E-state index in [0.29, 0.717) is 46.4 Å². The molecule has 1 heterocycles. The van der Waals surface area contributed by atoms with Crippen LogP contribution in [0.4, 0.5) is 0 Å². The Hall–Kier alpha value is -2.01. The third-order valence-electron chi connectivity index (χ3n) is 3.28. The van der Waals surface area contributed by atoms with Crippen molar-refractivity contribution in [3.63, 3.8) is 0 Å². The van der Waals surface area contributed by atoms with Gasteiger partial charge in [-0.05, 0) is 31.4 Å². The second kappa shape index (κ2) is 4.59. The Morgan fingerprint density at radius 2 is 2.05 bits per heavy atom. The van der Waals surface area contributed by atoms with Crippen LogP contribution in [0.2, 0.25) is 5.02 Å². The van der Waals surface area contributed by atoms with Gasteiger partial charge in [0.15, 0.2) is 5.82 Å². The van der Waals surface area contributed by atoms with Crippen molar-refractivity contribution in [1.82, 2.24) is 9.71 Å². The standard InChI is InChI=1S/C13H12ClN3O2/c14-9-5-2-1-4-8(9)13-15-12-10(16-18)6-3-7-11(12)17(13)19/h1-2,4-5,18-19H,3,6-7H2/b16-10+. The highest BCUT2D eigenvalue weighted by molar-refractivity contribution is 6.33. The van der Waals surface area contributed by atoms with Crippen LogP contribution in [0.3, 0.4) is 0 Å². The van der Waals surface area contributed by atoms with Crippen molar-refractivity contribution in [2.75, 3.05) is 0 Å². The molecule has 0 atom stereocenters. The first-order valence-electron chi connectivity index (χ1n) is 5.99. The number of benzene rings is 1. The van der Waals surface area contributed by atoms with E-state index in [1.165, 1.54) is 0 Å². The molecule has 1 aromatic carbocycles. The highest BCUT2D eigenvalue weighted by Gasteiger charge is 2.26. The highest BCUT2D eigenvalue weighted by Crippen LogP contribution is 2.30. The molecule has 2 N–H and O–H groups in total. The van der Waals surface area contributed by atoms with Crippen molar-refractivity contribution in [1.29, 1.82) is 0 Å². The molecule has 6 heteroatoms. The minimum Gasteiger partial charge on any atom is -0.427 e. The summed E-state index contributed by atoms with van der Waals surface area (Å²) in [6.07, 6.45) is 2.17. The number of hydrogen-bond acceptors (Lipinski definition) is 4. The topological polar surface area (TPSA) is 70.6 Å². The molecule has 0 spiro atoms. The first kappa shape index (κ1) is 12.0. The lowest BCUT2D eigenvalue weighted by Gasteiger charge is -2.11. The molecule has 0 aliphatic heterocycles. The van der Waals surface area contributed by atoms with E-state index in [-0.39, 0.29) is 0 Å². The zero-order valence-corrected chi connectivity index (χ0v) is 10.8. The number of halogens is 1. The number of fused-ring (bicyclic) bond motifs is 1. The largest absolute Gasteiger partial charge is 0.427 e. The summed E-state index contributed by atoms with van der Waals surface area (Å²) in [5.74, 6) is 0.374. The molecule has 0 unspecified atom stereocenters. The molecule has 3 rings (SSSR count). The summed E-state index contributed by atoms with van der Waals surface area (Å²) >= 11 is 6.12. The molecule has 0 bridgehead atoms. The average molecular weight is 278 g/mol. The Balaban J connectivity index is 2.20. The summed E-state index contributed by atoms with van der Waals surface area (Å²) < 4.78 is 1.04. The number of aromatic nitrogens is 2. The smallest absolute Gasteiger partial charge is 0.177 e. The van der Waals surface area contributed by atoms with E-state index in [4.69, 9.17) is 16.8 Å². The third-order valence-corrected chi connectivity index (χ3v) is 3.61. The summed E-state index contributed by atoms with van der Waals surface area (Å²) in [5.41, 5.74) is 2.36. The van der Waals surface area contributed by atoms with Crippen LogP contribution in [0.5, 0.6) is 0 Å². The van der Waals surface area contributed by atoms with Gasteiger partial charge in [-0.1, -0.05) is 28.9 Å². The van der Waals surface area contributed by atoms with E-state index in [1.807, 2.05) is 12.1 Å². The summed E-state index contributed by atoms with van der Waals surface area (Å²) in [4.78, 5) is 4.37. The summed E-state index contributed by atoms with van der Waals surface area (Å²) in [5, 5.41) is 23.0. The normalized spacial score (nSPS) is 16.6. The van der Waals surface area contributed by atoms with Crippen LogP contribution in [0, 0.1) is 0 Å². The molecule has 0 fully saturated rings. The molecule has 0 radical (unpaired) electrons. The molecule has 1 aliphatic carbocycles. The molecular formula is C13H12ClN3O2. The Labute approximate surface area is 114 Å². The van der Waals surface area contributed by atoms with Crippen LogP contribution < -0.4 is 0 Å². The number of nitrogens with zero attached hydrogens (tertiary/aromatic N) is 3. The number of imidazole rings is 1. The fourth-order valence-electron chi connectivity index (χ4n) is 2.36. The second-order valence-electron chi connectivity index (χ2n) is 4.42. The molecule has 98 valence electrons. The maximum atomic E-state index is 10.2. The lowest BCUT2D eigenvalue weighted by molar-refractivity contribution is 0.181. The predicted octanol–water partition coefficient (Wildman–Crippen LogP) is 2.96. The highest BCUT2D eigenvalue weighted by atomic mass is 35.5. The quantitative estimate of drug-likeness (QED) is 0.478. The van der Waals surface area contributed by atoms with Crippen LogP contribution >= 0.6 is 11.6 Å². The van der Waals surface area contributed by atoms with Crippen molar-refractivity contribution in [3.05, 3.63) is 40.7 Å². The van der Waals surface area contributed by atoms with E-state index < -0.39 is 0 Å². The van der Waals surface area contributed by atoms with Crippen LogP contribution in [0.25, 0.3) is 11.4 Å². The van der Waals surface area contributed by atoms with Gasteiger partial charge in [-0.25, -0.2) is 4.98 Å². The second-order valence-corrected chi connectivity index (χ2v) is 4.83. The van der Waals surface area contributed by atoms with E-state index in [0.717, 1.165) is 11.2 Å². The van der Waals surface area contributed by atoms with Gasteiger partial charge in [0.2, 0.25) is 0 Å². The van der Waals surface area contributed by atoms with Crippen LogP contribution in [0.1, 0.15) is 24.2 Å². The zero-order valence-electron chi connectivity index (χ0n) is 10.0. The third kappa shape index (κ3) is 1.86. The molecule has 2 aromatic rings. The lowest BCUT2D eigenvalue weighted by Crippen LogP contribution is -2.13. The van der Waals surface area contributed by atoms with Crippen LogP contribution in [0.15, 0.2) is 29.4 Å². The minimum atomic E-state index is 0.374. The predicted molar refractivity (Wildman–Crippen MR) is 71.1 cm³/mol. The van der Waals surface area contributed by atoms with Crippen LogP contribution in [-0.2, 0) is 6.42 Å². The van der Waals surface area contributed by atoms with Gasteiger partial charge in [0.1, 0.15) is 11.4 Å². The van der Waals surface area contributed by atoms with Gasteiger partial charge < -0.3 is 10.4 Å². The summed E-state index contributed by atoms with van der Waals surface area (Å²) in [6, 6.07) is 7.18. The van der Waals surface area contributed by atoms with E-state index in [1.54, 1.807) is 12.1 Å². The molecule has 5 nitrogen and oxygen atoms in total.